The minimum Gasteiger partial charge on any atom is -0.369 e. The van der Waals surface area contributed by atoms with E-state index < -0.39 is 0 Å². The number of hydrogen-bond acceptors (Lipinski definition) is 2. The molecule has 2 rings (SSSR count). The average Bonchev–Trinajstić information content (AvgIpc) is 2.75. The monoisotopic (exact) mass is 230 g/mol. The van der Waals surface area contributed by atoms with Crippen molar-refractivity contribution >= 4 is 5.84 Å². The molecule has 2 nitrogen and oxygen atoms in total. The molecule has 2 heteroatoms. The van der Waals surface area contributed by atoms with Crippen molar-refractivity contribution in [2.75, 3.05) is 6.54 Å². The number of aryl methyl sites for hydroxylation is 2. The van der Waals surface area contributed by atoms with Gasteiger partial charge in [-0.25, -0.2) is 0 Å². The van der Waals surface area contributed by atoms with Crippen molar-refractivity contribution in [3.63, 3.8) is 0 Å². The highest BCUT2D eigenvalue weighted by atomic mass is 15.1. The van der Waals surface area contributed by atoms with Crippen LogP contribution >= 0.6 is 0 Å². The zero-order chi connectivity index (χ0) is 12.3. The fourth-order valence-electron chi connectivity index (χ4n) is 2.47. The predicted molar refractivity (Wildman–Crippen MR) is 73.8 cm³/mol. The molecule has 92 valence electrons. The summed E-state index contributed by atoms with van der Waals surface area (Å²) < 4.78 is 0. The Kier molecular flexibility index (Phi) is 3.82. The third-order valence-electron chi connectivity index (χ3n) is 3.45. The Bertz CT molecular complexity index is 399. The first-order valence-electron chi connectivity index (χ1n) is 6.64. The van der Waals surface area contributed by atoms with E-state index in [1.165, 1.54) is 16.7 Å². The molecule has 1 unspecified atom stereocenters. The minimum atomic E-state index is 0.504. The normalized spacial score (nSPS) is 19.0. The van der Waals surface area contributed by atoms with Gasteiger partial charge < -0.3 is 5.32 Å². The Labute approximate surface area is 104 Å². The maximum Gasteiger partial charge on any atom is 0.101 e. The van der Waals surface area contributed by atoms with E-state index in [1.54, 1.807) is 0 Å². The van der Waals surface area contributed by atoms with Crippen LogP contribution in [0.4, 0.5) is 0 Å². The fraction of sp³-hybridized carbons (Fsp3) is 0.533. The SMILES string of the molecule is CCc1cccc(CC)c1CC1=NCC(C)N1. The number of nitrogens with one attached hydrogen (secondary N) is 1. The molecule has 0 bridgehead atoms. The molecule has 0 saturated heterocycles. The predicted octanol–water partition coefficient (Wildman–Crippen LogP) is 2.74. The lowest BCUT2D eigenvalue weighted by Gasteiger charge is -2.14. The molecule has 1 N–H and O–H groups in total. The number of hydrogen-bond donors (Lipinski definition) is 1. The van der Waals surface area contributed by atoms with Gasteiger partial charge in [0.15, 0.2) is 0 Å². The molecular weight excluding hydrogens is 208 g/mol. The van der Waals surface area contributed by atoms with Crippen molar-refractivity contribution in [2.45, 2.75) is 46.1 Å². The summed E-state index contributed by atoms with van der Waals surface area (Å²) in [6.45, 7) is 7.56. The summed E-state index contributed by atoms with van der Waals surface area (Å²) >= 11 is 0. The van der Waals surface area contributed by atoms with Crippen molar-refractivity contribution in [1.29, 1.82) is 0 Å². The number of rotatable bonds is 4. The maximum atomic E-state index is 4.57. The van der Waals surface area contributed by atoms with Gasteiger partial charge in [-0.05, 0) is 36.5 Å². The van der Waals surface area contributed by atoms with Crippen LogP contribution in [-0.2, 0) is 19.3 Å². The standard InChI is InChI=1S/C15H22N2/c1-4-12-7-6-8-13(5-2)14(12)9-15-16-10-11(3)17-15/h6-8,11H,4-5,9-10H2,1-3H3,(H,16,17). The van der Waals surface area contributed by atoms with Gasteiger partial charge in [0.2, 0.25) is 0 Å². The Balaban J connectivity index is 2.24. The van der Waals surface area contributed by atoms with E-state index in [0.717, 1.165) is 31.6 Å². The number of aliphatic imine (C=N–C) groups is 1. The second-order valence-corrected chi connectivity index (χ2v) is 4.77. The number of benzene rings is 1. The lowest BCUT2D eigenvalue weighted by atomic mass is 9.95. The van der Waals surface area contributed by atoms with Crippen LogP contribution in [0.1, 0.15) is 37.5 Å². The molecule has 0 spiro atoms. The largest absolute Gasteiger partial charge is 0.369 e. The van der Waals surface area contributed by atoms with Gasteiger partial charge in [0.1, 0.15) is 5.84 Å². The third-order valence-corrected chi connectivity index (χ3v) is 3.45. The lowest BCUT2D eigenvalue weighted by Crippen LogP contribution is -2.28. The van der Waals surface area contributed by atoms with Crippen molar-refractivity contribution < 1.29 is 0 Å². The second-order valence-electron chi connectivity index (χ2n) is 4.77. The first-order valence-corrected chi connectivity index (χ1v) is 6.64. The van der Waals surface area contributed by atoms with Crippen LogP contribution in [0.15, 0.2) is 23.2 Å². The lowest BCUT2D eigenvalue weighted by molar-refractivity contribution is 0.722. The van der Waals surface area contributed by atoms with E-state index >= 15 is 0 Å². The van der Waals surface area contributed by atoms with Gasteiger partial charge in [-0.3, -0.25) is 4.99 Å². The highest BCUT2D eigenvalue weighted by molar-refractivity contribution is 5.86. The van der Waals surface area contributed by atoms with E-state index in [9.17, 15) is 0 Å². The van der Waals surface area contributed by atoms with Gasteiger partial charge in [0.05, 0.1) is 6.54 Å². The van der Waals surface area contributed by atoms with Gasteiger partial charge in [-0.1, -0.05) is 32.0 Å². The molecule has 1 aromatic rings. The summed E-state index contributed by atoms with van der Waals surface area (Å²) in [6, 6.07) is 7.16. The van der Waals surface area contributed by atoms with Crippen LogP contribution in [-0.4, -0.2) is 18.4 Å². The highest BCUT2D eigenvalue weighted by Gasteiger charge is 2.15. The quantitative estimate of drug-likeness (QED) is 0.845. The van der Waals surface area contributed by atoms with Crippen molar-refractivity contribution in [1.82, 2.24) is 5.32 Å². The fourth-order valence-corrected chi connectivity index (χ4v) is 2.47. The third kappa shape index (κ3) is 2.68. The van der Waals surface area contributed by atoms with E-state index in [2.05, 4.69) is 49.3 Å². The summed E-state index contributed by atoms with van der Waals surface area (Å²) in [5, 5.41) is 3.45. The Hall–Kier alpha value is -1.31. The topological polar surface area (TPSA) is 24.4 Å². The molecule has 0 radical (unpaired) electrons. The summed E-state index contributed by atoms with van der Waals surface area (Å²) in [5.74, 6) is 1.16. The van der Waals surface area contributed by atoms with Gasteiger partial charge >= 0.3 is 0 Å². The zero-order valence-corrected chi connectivity index (χ0v) is 11.1. The van der Waals surface area contributed by atoms with Crippen molar-refractivity contribution in [3.05, 3.63) is 34.9 Å². The van der Waals surface area contributed by atoms with Gasteiger partial charge in [-0.2, -0.15) is 0 Å². The first-order chi connectivity index (χ1) is 8.24. The summed E-state index contributed by atoms with van der Waals surface area (Å²) in [6.07, 6.45) is 3.18. The van der Waals surface area contributed by atoms with Gasteiger partial charge in [-0.15, -0.1) is 0 Å². The van der Waals surface area contributed by atoms with Gasteiger partial charge in [0.25, 0.3) is 0 Å². The van der Waals surface area contributed by atoms with E-state index in [1.807, 2.05) is 0 Å². The maximum absolute atomic E-state index is 4.57. The van der Waals surface area contributed by atoms with E-state index in [0.29, 0.717) is 6.04 Å². The highest BCUT2D eigenvalue weighted by Crippen LogP contribution is 2.18. The Morgan fingerprint density at radius 3 is 2.35 bits per heavy atom. The minimum absolute atomic E-state index is 0.504. The van der Waals surface area contributed by atoms with Crippen LogP contribution in [0.2, 0.25) is 0 Å². The van der Waals surface area contributed by atoms with Crippen LogP contribution in [0.5, 0.6) is 0 Å². The number of nitrogens with zero attached hydrogens (tertiary/aromatic N) is 1. The van der Waals surface area contributed by atoms with Crippen LogP contribution in [0.25, 0.3) is 0 Å². The molecule has 1 aromatic carbocycles. The summed E-state index contributed by atoms with van der Waals surface area (Å²) in [5.41, 5.74) is 4.42. The molecule has 0 amide bonds. The van der Waals surface area contributed by atoms with Crippen LogP contribution in [0.3, 0.4) is 0 Å². The molecular formula is C15H22N2. The smallest absolute Gasteiger partial charge is 0.101 e. The molecule has 1 aliphatic rings. The Morgan fingerprint density at radius 1 is 1.24 bits per heavy atom. The van der Waals surface area contributed by atoms with Crippen LogP contribution < -0.4 is 5.32 Å². The number of amidine groups is 1. The Morgan fingerprint density at radius 2 is 1.88 bits per heavy atom. The van der Waals surface area contributed by atoms with E-state index in [-0.39, 0.29) is 0 Å². The molecule has 0 aromatic heterocycles. The van der Waals surface area contributed by atoms with Crippen LogP contribution in [0, 0.1) is 0 Å². The first kappa shape index (κ1) is 12.2. The van der Waals surface area contributed by atoms with Crippen molar-refractivity contribution in [3.8, 4) is 0 Å². The summed E-state index contributed by atoms with van der Waals surface area (Å²) in [4.78, 5) is 4.57. The zero-order valence-electron chi connectivity index (χ0n) is 11.1. The molecule has 1 atom stereocenters. The average molecular weight is 230 g/mol. The summed E-state index contributed by atoms with van der Waals surface area (Å²) in [7, 11) is 0. The molecule has 0 fully saturated rings. The molecule has 17 heavy (non-hydrogen) atoms. The second kappa shape index (κ2) is 5.35. The van der Waals surface area contributed by atoms with Gasteiger partial charge in [0, 0.05) is 12.5 Å². The molecule has 1 aliphatic heterocycles. The van der Waals surface area contributed by atoms with Crippen molar-refractivity contribution in [2.24, 2.45) is 4.99 Å². The molecule has 0 aliphatic carbocycles. The molecule has 1 heterocycles. The van der Waals surface area contributed by atoms with E-state index in [4.69, 9.17) is 0 Å². The molecule has 0 saturated carbocycles.